The van der Waals surface area contributed by atoms with Gasteiger partial charge in [-0.05, 0) is 18.2 Å². The molecule has 0 amide bonds. The minimum absolute atomic E-state index is 0.550. The third-order valence-electron chi connectivity index (χ3n) is 2.64. The fourth-order valence-electron chi connectivity index (χ4n) is 1.77. The molecule has 15 heavy (non-hydrogen) atoms. The smallest absolute Gasteiger partial charge is 0.101 e. The maximum absolute atomic E-state index is 8.77. The minimum Gasteiger partial charge on any atom is -0.398 e. The maximum Gasteiger partial charge on any atom is 0.101 e. The molecule has 0 aromatic heterocycles. The molecule has 1 heterocycles. The van der Waals surface area contributed by atoms with Crippen molar-refractivity contribution < 1.29 is 0 Å². The molecule has 1 saturated heterocycles. The van der Waals surface area contributed by atoms with Gasteiger partial charge in [-0.3, -0.25) is 0 Å². The van der Waals surface area contributed by atoms with Crippen molar-refractivity contribution in [3.05, 3.63) is 23.8 Å². The summed E-state index contributed by atoms with van der Waals surface area (Å²) >= 11 is 0. The lowest BCUT2D eigenvalue weighted by molar-refractivity contribution is 0.589. The SMILES string of the molecule is N#Cc1ccc(N2CCNCC2)cc1N. The quantitative estimate of drug-likeness (QED) is 0.653. The van der Waals surface area contributed by atoms with Crippen molar-refractivity contribution in [1.29, 1.82) is 5.26 Å². The van der Waals surface area contributed by atoms with Crippen LogP contribution in [0.2, 0.25) is 0 Å². The maximum atomic E-state index is 8.77. The summed E-state index contributed by atoms with van der Waals surface area (Å²) in [4.78, 5) is 2.27. The van der Waals surface area contributed by atoms with E-state index in [2.05, 4.69) is 16.3 Å². The number of piperazine rings is 1. The number of nitriles is 1. The van der Waals surface area contributed by atoms with E-state index in [1.165, 1.54) is 0 Å². The molecule has 4 nitrogen and oxygen atoms in total. The lowest BCUT2D eigenvalue weighted by Crippen LogP contribution is -2.43. The zero-order valence-electron chi connectivity index (χ0n) is 8.53. The first-order chi connectivity index (χ1) is 7.31. The number of nitrogens with two attached hydrogens (primary N) is 1. The standard InChI is InChI=1S/C11H14N4/c12-8-9-1-2-10(7-11(9)13)15-5-3-14-4-6-15/h1-2,7,14H,3-6,13H2. The third-order valence-corrected chi connectivity index (χ3v) is 2.64. The van der Waals surface area contributed by atoms with Crippen LogP contribution in [-0.4, -0.2) is 26.2 Å². The Morgan fingerprint density at radius 3 is 2.67 bits per heavy atom. The first kappa shape index (κ1) is 9.81. The van der Waals surface area contributed by atoms with E-state index in [-0.39, 0.29) is 0 Å². The predicted octanol–water partition coefficient (Wildman–Crippen LogP) is 0.550. The molecule has 0 unspecified atom stereocenters. The van der Waals surface area contributed by atoms with Gasteiger partial charge < -0.3 is 16.0 Å². The molecule has 78 valence electrons. The second kappa shape index (κ2) is 4.20. The molecule has 1 aliphatic rings. The Bertz CT molecular complexity index is 388. The molecule has 4 heteroatoms. The Morgan fingerprint density at radius 1 is 1.33 bits per heavy atom. The van der Waals surface area contributed by atoms with E-state index in [4.69, 9.17) is 11.0 Å². The van der Waals surface area contributed by atoms with Gasteiger partial charge in [-0.15, -0.1) is 0 Å². The average Bonchev–Trinajstić information content (AvgIpc) is 2.30. The minimum atomic E-state index is 0.550. The van der Waals surface area contributed by atoms with Crippen molar-refractivity contribution in [2.45, 2.75) is 0 Å². The lowest BCUT2D eigenvalue weighted by atomic mass is 10.1. The van der Waals surface area contributed by atoms with Gasteiger partial charge in [0, 0.05) is 31.9 Å². The highest BCUT2D eigenvalue weighted by Crippen LogP contribution is 2.21. The van der Waals surface area contributed by atoms with Gasteiger partial charge in [0.1, 0.15) is 6.07 Å². The number of hydrogen-bond donors (Lipinski definition) is 2. The molecule has 0 bridgehead atoms. The number of anilines is 2. The van der Waals surface area contributed by atoms with Gasteiger partial charge in [-0.1, -0.05) is 0 Å². The van der Waals surface area contributed by atoms with Crippen LogP contribution in [0.5, 0.6) is 0 Å². The van der Waals surface area contributed by atoms with Crippen molar-refractivity contribution in [3.8, 4) is 6.07 Å². The van der Waals surface area contributed by atoms with Gasteiger partial charge in [0.15, 0.2) is 0 Å². The van der Waals surface area contributed by atoms with Crippen LogP contribution in [0.1, 0.15) is 5.56 Å². The molecular weight excluding hydrogens is 188 g/mol. The largest absolute Gasteiger partial charge is 0.398 e. The van der Waals surface area contributed by atoms with E-state index in [0.717, 1.165) is 31.9 Å². The number of benzene rings is 1. The molecule has 0 aliphatic carbocycles. The van der Waals surface area contributed by atoms with Gasteiger partial charge in [-0.25, -0.2) is 0 Å². The fraction of sp³-hybridized carbons (Fsp3) is 0.364. The summed E-state index contributed by atoms with van der Waals surface area (Å²) in [6.45, 7) is 3.98. The van der Waals surface area contributed by atoms with Gasteiger partial charge in [0.2, 0.25) is 0 Å². The van der Waals surface area contributed by atoms with Gasteiger partial charge in [0.05, 0.1) is 11.3 Å². The van der Waals surface area contributed by atoms with Crippen LogP contribution < -0.4 is 16.0 Å². The van der Waals surface area contributed by atoms with Crippen molar-refractivity contribution in [2.24, 2.45) is 0 Å². The first-order valence-corrected chi connectivity index (χ1v) is 5.06. The molecule has 2 rings (SSSR count). The van der Waals surface area contributed by atoms with Crippen molar-refractivity contribution >= 4 is 11.4 Å². The van der Waals surface area contributed by atoms with Crippen molar-refractivity contribution in [3.63, 3.8) is 0 Å². The number of rotatable bonds is 1. The summed E-state index contributed by atoms with van der Waals surface area (Å²) in [7, 11) is 0. The Morgan fingerprint density at radius 2 is 2.07 bits per heavy atom. The summed E-state index contributed by atoms with van der Waals surface area (Å²) < 4.78 is 0. The lowest BCUT2D eigenvalue weighted by Gasteiger charge is -2.29. The molecule has 0 atom stereocenters. The summed E-state index contributed by atoms with van der Waals surface area (Å²) in [5, 5.41) is 12.1. The van der Waals surface area contributed by atoms with E-state index in [9.17, 15) is 0 Å². The van der Waals surface area contributed by atoms with E-state index in [1.54, 1.807) is 6.07 Å². The summed E-state index contributed by atoms with van der Waals surface area (Å²) in [6, 6.07) is 7.69. The second-order valence-corrected chi connectivity index (χ2v) is 3.62. The van der Waals surface area contributed by atoms with Crippen LogP contribution in [0.15, 0.2) is 18.2 Å². The molecule has 1 aliphatic heterocycles. The van der Waals surface area contributed by atoms with E-state index >= 15 is 0 Å². The van der Waals surface area contributed by atoms with E-state index < -0.39 is 0 Å². The third kappa shape index (κ3) is 2.03. The predicted molar refractivity (Wildman–Crippen MR) is 60.7 cm³/mol. The zero-order chi connectivity index (χ0) is 10.7. The van der Waals surface area contributed by atoms with Crippen LogP contribution in [0.3, 0.4) is 0 Å². The van der Waals surface area contributed by atoms with Crippen LogP contribution in [0, 0.1) is 11.3 Å². The number of nitrogen functional groups attached to an aromatic ring is 1. The van der Waals surface area contributed by atoms with Crippen molar-refractivity contribution in [1.82, 2.24) is 5.32 Å². The Labute approximate surface area is 89.3 Å². The Balaban J connectivity index is 2.22. The summed E-state index contributed by atoms with van der Waals surface area (Å²) in [6.07, 6.45) is 0. The Kier molecular flexibility index (Phi) is 2.75. The molecular formula is C11H14N4. The molecule has 0 saturated carbocycles. The average molecular weight is 202 g/mol. The normalized spacial score (nSPS) is 16.1. The molecule has 1 aromatic carbocycles. The van der Waals surface area contributed by atoms with E-state index in [0.29, 0.717) is 11.3 Å². The summed E-state index contributed by atoms with van der Waals surface area (Å²) in [5.74, 6) is 0. The van der Waals surface area contributed by atoms with Crippen LogP contribution in [0.4, 0.5) is 11.4 Å². The molecule has 0 spiro atoms. The highest BCUT2D eigenvalue weighted by molar-refractivity contribution is 5.63. The van der Waals surface area contributed by atoms with Gasteiger partial charge >= 0.3 is 0 Å². The van der Waals surface area contributed by atoms with Gasteiger partial charge in [0.25, 0.3) is 0 Å². The van der Waals surface area contributed by atoms with Crippen LogP contribution in [-0.2, 0) is 0 Å². The van der Waals surface area contributed by atoms with Gasteiger partial charge in [-0.2, -0.15) is 5.26 Å². The topological polar surface area (TPSA) is 65.1 Å². The zero-order valence-corrected chi connectivity index (χ0v) is 8.53. The van der Waals surface area contributed by atoms with Crippen molar-refractivity contribution in [2.75, 3.05) is 36.8 Å². The van der Waals surface area contributed by atoms with E-state index in [1.807, 2.05) is 12.1 Å². The number of nitrogens with zero attached hydrogens (tertiary/aromatic N) is 2. The molecule has 3 N–H and O–H groups in total. The van der Waals surface area contributed by atoms with Crippen LogP contribution >= 0.6 is 0 Å². The summed E-state index contributed by atoms with van der Waals surface area (Å²) in [5.41, 5.74) is 7.99. The molecule has 1 aromatic rings. The Hall–Kier alpha value is -1.73. The first-order valence-electron chi connectivity index (χ1n) is 5.06. The monoisotopic (exact) mass is 202 g/mol. The highest BCUT2D eigenvalue weighted by atomic mass is 15.2. The molecule has 1 fully saturated rings. The fourth-order valence-corrected chi connectivity index (χ4v) is 1.77. The van der Waals surface area contributed by atoms with Crippen LogP contribution in [0.25, 0.3) is 0 Å². The highest BCUT2D eigenvalue weighted by Gasteiger charge is 2.11. The number of nitrogens with one attached hydrogen (secondary N) is 1. The number of hydrogen-bond acceptors (Lipinski definition) is 4. The molecule has 0 radical (unpaired) electrons. The second-order valence-electron chi connectivity index (χ2n) is 3.62.